The van der Waals surface area contributed by atoms with E-state index in [1.807, 2.05) is 36.4 Å². The second-order valence-electron chi connectivity index (χ2n) is 5.74. The monoisotopic (exact) mass is 358 g/mol. The fraction of sp³-hybridized carbons (Fsp3) is 0.263. The normalized spacial score (nSPS) is 16.8. The third-order valence-electron chi connectivity index (χ3n) is 4.01. The van der Waals surface area contributed by atoms with Crippen molar-refractivity contribution in [2.45, 2.75) is 25.2 Å². The van der Waals surface area contributed by atoms with E-state index >= 15 is 0 Å². The Morgan fingerprint density at radius 2 is 2.20 bits per heavy atom. The Morgan fingerprint density at radius 3 is 2.92 bits per heavy atom. The van der Waals surface area contributed by atoms with Crippen LogP contribution in [0.25, 0.3) is 0 Å². The Kier molecular flexibility index (Phi) is 5.60. The number of nitrogens with one attached hydrogen (secondary N) is 1. The SMILES string of the molecule is COC1=CCC(c2csc(NC(=O)CCc3ccccc3)n2)C(F)=C1. The van der Waals surface area contributed by atoms with Gasteiger partial charge in [-0.25, -0.2) is 9.37 Å². The predicted octanol–water partition coefficient (Wildman–Crippen LogP) is 4.59. The maximum absolute atomic E-state index is 14.2. The molecular weight excluding hydrogens is 339 g/mol. The van der Waals surface area contributed by atoms with Crippen LogP contribution in [0.2, 0.25) is 0 Å². The first-order valence-electron chi connectivity index (χ1n) is 8.06. The number of anilines is 1. The molecule has 0 saturated heterocycles. The van der Waals surface area contributed by atoms with Crippen molar-refractivity contribution in [3.05, 3.63) is 70.7 Å². The molecule has 1 heterocycles. The number of thiazole rings is 1. The zero-order valence-corrected chi connectivity index (χ0v) is 14.7. The molecule has 25 heavy (non-hydrogen) atoms. The van der Waals surface area contributed by atoms with Crippen molar-refractivity contribution in [2.75, 3.05) is 12.4 Å². The lowest BCUT2D eigenvalue weighted by atomic mass is 9.96. The van der Waals surface area contributed by atoms with E-state index in [9.17, 15) is 9.18 Å². The number of allylic oxidation sites excluding steroid dienone is 3. The first kappa shape index (κ1) is 17.4. The summed E-state index contributed by atoms with van der Waals surface area (Å²) in [7, 11) is 1.52. The van der Waals surface area contributed by atoms with Gasteiger partial charge in [0, 0.05) is 17.9 Å². The average Bonchev–Trinajstić information content (AvgIpc) is 3.08. The summed E-state index contributed by atoms with van der Waals surface area (Å²) in [5.74, 6) is -0.249. The molecule has 1 aliphatic carbocycles. The van der Waals surface area contributed by atoms with E-state index in [0.717, 1.165) is 5.56 Å². The standard InChI is InChI=1S/C19H19FN2O2S/c1-24-14-8-9-15(16(20)11-14)17-12-25-19(21-17)22-18(23)10-7-13-5-3-2-4-6-13/h2-6,8,11-12,15H,7,9-10H2,1H3,(H,21,22,23). The summed E-state index contributed by atoms with van der Waals surface area (Å²) < 4.78 is 19.2. The summed E-state index contributed by atoms with van der Waals surface area (Å²) in [6.07, 6.45) is 4.78. The average molecular weight is 358 g/mol. The molecule has 1 atom stereocenters. The molecule has 0 radical (unpaired) electrons. The Hall–Kier alpha value is -2.47. The van der Waals surface area contributed by atoms with Crippen LogP contribution in [0.4, 0.5) is 9.52 Å². The Bertz CT molecular complexity index is 799. The summed E-state index contributed by atoms with van der Waals surface area (Å²) in [5, 5.41) is 5.08. The van der Waals surface area contributed by atoms with Gasteiger partial charge in [-0.3, -0.25) is 4.79 Å². The van der Waals surface area contributed by atoms with Gasteiger partial charge in [-0.05, 0) is 24.5 Å². The predicted molar refractivity (Wildman–Crippen MR) is 97.1 cm³/mol. The highest BCUT2D eigenvalue weighted by Gasteiger charge is 2.23. The van der Waals surface area contributed by atoms with E-state index in [1.54, 1.807) is 5.38 Å². The number of aryl methyl sites for hydroxylation is 1. The van der Waals surface area contributed by atoms with Crippen LogP contribution in [-0.2, 0) is 16.0 Å². The number of rotatable bonds is 6. The third-order valence-corrected chi connectivity index (χ3v) is 4.79. The van der Waals surface area contributed by atoms with Gasteiger partial charge in [0.2, 0.25) is 5.91 Å². The van der Waals surface area contributed by atoms with Crippen molar-refractivity contribution in [1.82, 2.24) is 4.98 Å². The number of nitrogens with zero attached hydrogens (tertiary/aromatic N) is 1. The van der Waals surface area contributed by atoms with Crippen molar-refractivity contribution in [1.29, 1.82) is 0 Å². The van der Waals surface area contributed by atoms with E-state index in [-0.39, 0.29) is 11.7 Å². The van der Waals surface area contributed by atoms with E-state index in [4.69, 9.17) is 4.74 Å². The minimum Gasteiger partial charge on any atom is -0.497 e. The van der Waals surface area contributed by atoms with Crippen LogP contribution >= 0.6 is 11.3 Å². The van der Waals surface area contributed by atoms with Crippen molar-refractivity contribution >= 4 is 22.4 Å². The van der Waals surface area contributed by atoms with Crippen molar-refractivity contribution in [3.8, 4) is 0 Å². The summed E-state index contributed by atoms with van der Waals surface area (Å²) in [6.45, 7) is 0. The van der Waals surface area contributed by atoms with Gasteiger partial charge >= 0.3 is 0 Å². The summed E-state index contributed by atoms with van der Waals surface area (Å²) >= 11 is 1.31. The molecule has 2 aromatic rings. The summed E-state index contributed by atoms with van der Waals surface area (Å²) in [4.78, 5) is 16.4. The highest BCUT2D eigenvalue weighted by atomic mass is 32.1. The maximum atomic E-state index is 14.2. The molecule has 1 unspecified atom stereocenters. The third kappa shape index (κ3) is 4.54. The van der Waals surface area contributed by atoms with Gasteiger partial charge in [-0.15, -0.1) is 11.3 Å². The first-order chi connectivity index (χ1) is 12.2. The number of halogens is 1. The molecular formula is C19H19FN2O2S. The lowest BCUT2D eigenvalue weighted by molar-refractivity contribution is -0.116. The maximum Gasteiger partial charge on any atom is 0.226 e. The van der Waals surface area contributed by atoms with Crippen LogP contribution in [0.3, 0.4) is 0 Å². The van der Waals surface area contributed by atoms with Crippen LogP contribution < -0.4 is 5.32 Å². The molecule has 0 saturated carbocycles. The lowest BCUT2D eigenvalue weighted by Crippen LogP contribution is -2.12. The fourth-order valence-corrected chi connectivity index (χ4v) is 3.41. The van der Waals surface area contributed by atoms with Crippen LogP contribution in [-0.4, -0.2) is 18.0 Å². The second kappa shape index (κ2) is 8.07. The molecule has 0 aliphatic heterocycles. The summed E-state index contributed by atoms with van der Waals surface area (Å²) in [5.41, 5.74) is 1.75. The van der Waals surface area contributed by atoms with E-state index in [1.165, 1.54) is 24.5 Å². The number of hydrogen-bond donors (Lipinski definition) is 1. The van der Waals surface area contributed by atoms with Gasteiger partial charge in [0.05, 0.1) is 18.7 Å². The van der Waals surface area contributed by atoms with E-state index in [2.05, 4.69) is 10.3 Å². The number of aromatic nitrogens is 1. The van der Waals surface area contributed by atoms with Gasteiger partial charge < -0.3 is 10.1 Å². The van der Waals surface area contributed by atoms with E-state index < -0.39 is 5.92 Å². The Morgan fingerprint density at radius 1 is 1.40 bits per heavy atom. The zero-order valence-electron chi connectivity index (χ0n) is 13.9. The molecule has 3 rings (SSSR count). The first-order valence-corrected chi connectivity index (χ1v) is 8.94. The highest BCUT2D eigenvalue weighted by Crippen LogP contribution is 2.35. The molecule has 0 fully saturated rings. The number of amides is 1. The number of methoxy groups -OCH3 is 1. The topological polar surface area (TPSA) is 51.2 Å². The zero-order chi connectivity index (χ0) is 17.6. The number of carbonyl (C=O) groups is 1. The van der Waals surface area contributed by atoms with Crippen molar-refractivity contribution in [3.63, 3.8) is 0 Å². The van der Waals surface area contributed by atoms with E-state index in [0.29, 0.717) is 35.8 Å². The smallest absolute Gasteiger partial charge is 0.226 e. The number of benzene rings is 1. The molecule has 1 N–H and O–H groups in total. The molecule has 1 amide bonds. The largest absolute Gasteiger partial charge is 0.497 e. The van der Waals surface area contributed by atoms with Gasteiger partial charge in [0.15, 0.2) is 5.13 Å². The van der Waals surface area contributed by atoms with Crippen molar-refractivity contribution < 1.29 is 13.9 Å². The van der Waals surface area contributed by atoms with Crippen LogP contribution in [0.15, 0.2) is 59.4 Å². The number of ether oxygens (including phenoxy) is 1. The molecule has 6 heteroatoms. The van der Waals surface area contributed by atoms with Crippen LogP contribution in [0.5, 0.6) is 0 Å². The lowest BCUT2D eigenvalue weighted by Gasteiger charge is -2.16. The molecule has 1 aliphatic rings. The fourth-order valence-electron chi connectivity index (χ4n) is 2.63. The highest BCUT2D eigenvalue weighted by molar-refractivity contribution is 7.13. The number of carbonyl (C=O) groups excluding carboxylic acids is 1. The minimum atomic E-state index is -0.412. The second-order valence-corrected chi connectivity index (χ2v) is 6.60. The summed E-state index contributed by atoms with van der Waals surface area (Å²) in [6, 6.07) is 9.85. The van der Waals surface area contributed by atoms with Gasteiger partial charge in [-0.2, -0.15) is 0 Å². The Balaban J connectivity index is 1.56. The quantitative estimate of drug-likeness (QED) is 0.822. The van der Waals surface area contributed by atoms with Gasteiger partial charge in [-0.1, -0.05) is 30.3 Å². The molecule has 4 nitrogen and oxygen atoms in total. The molecule has 1 aromatic heterocycles. The van der Waals surface area contributed by atoms with Gasteiger partial charge in [0.1, 0.15) is 11.6 Å². The van der Waals surface area contributed by atoms with Gasteiger partial charge in [0.25, 0.3) is 0 Å². The molecule has 130 valence electrons. The minimum absolute atomic E-state index is 0.0917. The van der Waals surface area contributed by atoms with Crippen molar-refractivity contribution in [2.24, 2.45) is 0 Å². The Labute approximate surface area is 150 Å². The molecule has 0 bridgehead atoms. The van der Waals surface area contributed by atoms with Crippen LogP contribution in [0.1, 0.15) is 30.0 Å². The molecule has 1 aromatic carbocycles. The van der Waals surface area contributed by atoms with Crippen LogP contribution in [0, 0.1) is 0 Å². The number of hydrogen-bond acceptors (Lipinski definition) is 4. The molecule has 0 spiro atoms.